The highest BCUT2D eigenvalue weighted by Crippen LogP contribution is 2.64. The fraction of sp³-hybridized carbons (Fsp3) is 0. The molecule has 0 amide bonds. The van der Waals surface area contributed by atoms with Gasteiger partial charge in [-0.05, 0) is 185 Å². The second kappa shape index (κ2) is 15.2. The van der Waals surface area contributed by atoms with E-state index in [-0.39, 0.29) is 0 Å². The van der Waals surface area contributed by atoms with E-state index in [4.69, 9.17) is 0 Å². The molecule has 0 saturated carbocycles. The first-order valence-corrected chi connectivity index (χ1v) is 24.4. The zero-order valence-corrected chi connectivity index (χ0v) is 38.2. The molecule has 0 saturated heterocycles. The van der Waals surface area contributed by atoms with Crippen molar-refractivity contribution in [3.8, 4) is 111 Å². The summed E-state index contributed by atoms with van der Waals surface area (Å²) in [5.41, 5.74) is 25.3. The molecule has 0 aliphatic heterocycles. The van der Waals surface area contributed by atoms with Crippen molar-refractivity contribution in [3.63, 3.8) is 0 Å². The Hall–Kier alpha value is -9.10. The van der Waals surface area contributed by atoms with E-state index in [0.717, 1.165) is 0 Å². The Balaban J connectivity index is 1.10. The molecule has 0 N–H and O–H groups in total. The summed E-state index contributed by atoms with van der Waals surface area (Å²) in [4.78, 5) is 0. The van der Waals surface area contributed by atoms with Gasteiger partial charge >= 0.3 is 0 Å². The van der Waals surface area contributed by atoms with Crippen LogP contribution in [0.15, 0.2) is 255 Å². The number of fused-ring (bicyclic) bond motifs is 9. The van der Waals surface area contributed by atoms with E-state index in [0.29, 0.717) is 0 Å². The Morgan fingerprint density at radius 2 is 0.429 bits per heavy atom. The molecule has 0 bridgehead atoms. The van der Waals surface area contributed by atoms with Crippen LogP contribution in [0, 0.1) is 0 Å². The number of rotatable bonds is 6. The van der Waals surface area contributed by atoms with Gasteiger partial charge in [0.25, 0.3) is 0 Å². The van der Waals surface area contributed by atoms with Gasteiger partial charge < -0.3 is 0 Å². The Kier molecular flexibility index (Phi) is 8.46. The lowest BCUT2D eigenvalue weighted by molar-refractivity contribution is 1.57. The van der Waals surface area contributed by atoms with E-state index < -0.39 is 0 Å². The summed E-state index contributed by atoms with van der Waals surface area (Å²) in [6, 6.07) is 95.1. The van der Waals surface area contributed by atoms with Crippen LogP contribution in [0.5, 0.6) is 0 Å². The molecule has 0 heterocycles. The Morgan fingerprint density at radius 3 is 0.786 bits per heavy atom. The van der Waals surface area contributed by atoms with Gasteiger partial charge in [0.1, 0.15) is 0 Å². The first kappa shape index (κ1) is 38.9. The molecular weight excluding hydrogens is 841 g/mol. The van der Waals surface area contributed by atoms with Crippen molar-refractivity contribution in [2.45, 2.75) is 0 Å². The fourth-order valence-electron chi connectivity index (χ4n) is 12.4. The van der Waals surface area contributed by atoms with E-state index in [1.54, 1.807) is 0 Å². The van der Waals surface area contributed by atoms with E-state index in [9.17, 15) is 0 Å². The predicted octanol–water partition coefficient (Wildman–Crippen LogP) is 19.6. The van der Waals surface area contributed by atoms with Crippen molar-refractivity contribution in [1.29, 1.82) is 0 Å². The summed E-state index contributed by atoms with van der Waals surface area (Å²) < 4.78 is 0. The largest absolute Gasteiger partial charge is 0.0622 e. The smallest absolute Gasteiger partial charge is 0.000740 e. The van der Waals surface area contributed by atoms with Crippen LogP contribution in [0.2, 0.25) is 0 Å². The molecule has 0 spiro atoms. The number of benzene rings is 13. The SMILES string of the molecule is c1ccc(-c2cc(-c3ccccc3)cc(-c3c4c(c(-c5ccccc5)c5ccccc35)-c3ccc5c6c(ccc-4c36)-c3c-5c(-c4ccccc4)c4cc5ccccc5cc4c3-c3ccccc3)c2)cc1. The van der Waals surface area contributed by atoms with Gasteiger partial charge in [-0.15, -0.1) is 0 Å². The Bertz CT molecular complexity index is 4110. The Labute approximate surface area is 407 Å². The summed E-state index contributed by atoms with van der Waals surface area (Å²) in [6.07, 6.45) is 0. The molecule has 0 atom stereocenters. The number of hydrogen-bond acceptors (Lipinski definition) is 0. The second-order valence-electron chi connectivity index (χ2n) is 19.0. The molecule has 13 aromatic rings. The predicted molar refractivity (Wildman–Crippen MR) is 298 cm³/mol. The standard InChI is InChI=1S/C70H42/c1-6-20-43(21-7-1)50-38-51(44-22-8-2-9-23-44)40-52(39-50)64-54-33-19-18-32-53(54)61(45-24-10-3-11-25-45)67-55-34-35-56-66-57(36-37-58(65(55)66)70(64)67)69-63(47-28-14-5-15-29-47)60-42-49-31-17-16-30-48(49)41-59(60)62(68(56)69)46-26-12-4-13-27-46/h1-42H. The molecule has 0 fully saturated rings. The second-order valence-corrected chi connectivity index (χ2v) is 19.0. The maximum absolute atomic E-state index is 2.47. The number of hydrogen-bond donors (Lipinski definition) is 0. The van der Waals surface area contributed by atoms with Crippen LogP contribution in [0.4, 0.5) is 0 Å². The first-order valence-electron chi connectivity index (χ1n) is 24.4. The third-order valence-electron chi connectivity index (χ3n) is 15.3. The van der Waals surface area contributed by atoms with Crippen LogP contribution >= 0.6 is 0 Å². The van der Waals surface area contributed by atoms with E-state index in [1.807, 2.05) is 0 Å². The highest BCUT2D eigenvalue weighted by molar-refractivity contribution is 6.35. The maximum atomic E-state index is 2.47. The monoisotopic (exact) mass is 882 g/mol. The molecule has 0 radical (unpaired) electrons. The quantitative estimate of drug-likeness (QED) is 0.146. The molecule has 0 aromatic heterocycles. The molecule has 0 unspecified atom stereocenters. The van der Waals surface area contributed by atoms with Crippen molar-refractivity contribution in [2.75, 3.05) is 0 Å². The molecular formula is C70H42. The molecule has 322 valence electrons. The zero-order valence-electron chi connectivity index (χ0n) is 38.2. The summed E-state index contributed by atoms with van der Waals surface area (Å²) in [6.45, 7) is 0. The molecule has 15 rings (SSSR count). The van der Waals surface area contributed by atoms with E-state index in [1.165, 1.54) is 154 Å². The van der Waals surface area contributed by atoms with Crippen LogP contribution in [-0.4, -0.2) is 0 Å². The van der Waals surface area contributed by atoms with Crippen molar-refractivity contribution in [2.24, 2.45) is 0 Å². The molecule has 13 aromatic carbocycles. The van der Waals surface area contributed by atoms with Crippen molar-refractivity contribution >= 4 is 43.1 Å². The van der Waals surface area contributed by atoms with Crippen LogP contribution < -0.4 is 0 Å². The Morgan fingerprint density at radius 1 is 0.157 bits per heavy atom. The summed E-state index contributed by atoms with van der Waals surface area (Å²) in [5.74, 6) is 0. The van der Waals surface area contributed by atoms with Crippen LogP contribution in [0.1, 0.15) is 0 Å². The fourth-order valence-corrected chi connectivity index (χ4v) is 12.4. The van der Waals surface area contributed by atoms with Crippen molar-refractivity contribution in [3.05, 3.63) is 255 Å². The zero-order chi connectivity index (χ0) is 45.9. The minimum atomic E-state index is 1.20. The third-order valence-corrected chi connectivity index (χ3v) is 15.3. The summed E-state index contributed by atoms with van der Waals surface area (Å²) in [7, 11) is 0. The van der Waals surface area contributed by atoms with E-state index >= 15 is 0 Å². The molecule has 0 heteroatoms. The molecule has 2 aliphatic rings. The van der Waals surface area contributed by atoms with Gasteiger partial charge in [-0.25, -0.2) is 0 Å². The van der Waals surface area contributed by atoms with Crippen LogP contribution in [0.25, 0.3) is 154 Å². The van der Waals surface area contributed by atoms with Gasteiger partial charge in [-0.3, -0.25) is 0 Å². The van der Waals surface area contributed by atoms with Gasteiger partial charge in [0.2, 0.25) is 0 Å². The highest BCUT2D eigenvalue weighted by Gasteiger charge is 2.37. The van der Waals surface area contributed by atoms with Crippen LogP contribution in [0.3, 0.4) is 0 Å². The average molecular weight is 883 g/mol. The first-order chi connectivity index (χ1) is 34.8. The lowest BCUT2D eigenvalue weighted by Gasteiger charge is -2.22. The third kappa shape index (κ3) is 5.65. The van der Waals surface area contributed by atoms with Crippen LogP contribution in [-0.2, 0) is 0 Å². The summed E-state index contributed by atoms with van der Waals surface area (Å²) >= 11 is 0. The molecule has 70 heavy (non-hydrogen) atoms. The maximum Gasteiger partial charge on any atom is -0.000740 e. The average Bonchev–Trinajstić information content (AvgIpc) is 3.94. The van der Waals surface area contributed by atoms with Crippen molar-refractivity contribution < 1.29 is 0 Å². The molecule has 0 nitrogen and oxygen atoms in total. The minimum Gasteiger partial charge on any atom is -0.0622 e. The van der Waals surface area contributed by atoms with Gasteiger partial charge in [0, 0.05) is 0 Å². The van der Waals surface area contributed by atoms with Crippen molar-refractivity contribution in [1.82, 2.24) is 0 Å². The lowest BCUT2D eigenvalue weighted by atomic mass is 9.81. The topological polar surface area (TPSA) is 0 Å². The van der Waals surface area contributed by atoms with Gasteiger partial charge in [0.05, 0.1) is 0 Å². The van der Waals surface area contributed by atoms with Gasteiger partial charge in [-0.2, -0.15) is 0 Å². The normalized spacial score (nSPS) is 12.0. The summed E-state index contributed by atoms with van der Waals surface area (Å²) in [5, 5.41) is 10.2. The van der Waals surface area contributed by atoms with Gasteiger partial charge in [-0.1, -0.05) is 224 Å². The van der Waals surface area contributed by atoms with Gasteiger partial charge in [0.15, 0.2) is 0 Å². The van der Waals surface area contributed by atoms with E-state index in [2.05, 4.69) is 255 Å². The molecule has 2 aliphatic carbocycles. The lowest BCUT2D eigenvalue weighted by Crippen LogP contribution is -1.95. The minimum absolute atomic E-state index is 1.20. The highest BCUT2D eigenvalue weighted by atomic mass is 14.4.